The molecule has 319 valence electrons. The Balaban J connectivity index is 0.000000244. The van der Waals surface area contributed by atoms with E-state index in [9.17, 15) is 5.26 Å². The molecule has 7 heteroatoms. The molecule has 0 amide bonds. The van der Waals surface area contributed by atoms with Crippen LogP contribution in [0, 0.1) is 30.3 Å². The molecular formula is C57H49IrN5O-2. The minimum Gasteiger partial charge on any atom is -0.501 e. The fraction of sp³-hybridized carbons (Fsp3) is 0.193. The third-order valence-electron chi connectivity index (χ3n) is 11.7. The summed E-state index contributed by atoms with van der Waals surface area (Å²) in [6.45, 7) is 13.4. The summed E-state index contributed by atoms with van der Waals surface area (Å²) in [6, 6.07) is 51.3. The van der Waals surface area contributed by atoms with Crippen molar-refractivity contribution in [2.45, 2.75) is 72.6 Å². The molecule has 0 N–H and O–H groups in total. The van der Waals surface area contributed by atoms with Gasteiger partial charge in [0.15, 0.2) is 0 Å². The molecule has 0 atom stereocenters. The van der Waals surface area contributed by atoms with Crippen molar-refractivity contribution in [3.8, 4) is 45.5 Å². The third-order valence-corrected chi connectivity index (χ3v) is 11.7. The smallest absolute Gasteiger partial charge is 0.148 e. The van der Waals surface area contributed by atoms with E-state index in [0.29, 0.717) is 22.4 Å². The number of nitriles is 1. The Morgan fingerprint density at radius 2 is 1.48 bits per heavy atom. The Labute approximate surface area is 393 Å². The molecule has 10 rings (SSSR count). The zero-order valence-electron chi connectivity index (χ0n) is 39.9. The Morgan fingerprint density at radius 1 is 0.750 bits per heavy atom. The molecule has 0 saturated heterocycles. The van der Waals surface area contributed by atoms with Crippen LogP contribution < -0.4 is 0 Å². The second-order valence-electron chi connectivity index (χ2n) is 17.6. The number of rotatable bonds is 6. The minimum absolute atomic E-state index is 0. The summed E-state index contributed by atoms with van der Waals surface area (Å²) in [5, 5.41) is 13.4. The summed E-state index contributed by atoms with van der Waals surface area (Å²) in [6.07, 6.45) is 3.46. The van der Waals surface area contributed by atoms with Gasteiger partial charge in [-0.2, -0.15) is 5.26 Å². The van der Waals surface area contributed by atoms with Gasteiger partial charge in [0.2, 0.25) is 0 Å². The van der Waals surface area contributed by atoms with Gasteiger partial charge in [-0.15, -0.1) is 53.6 Å². The first-order valence-electron chi connectivity index (χ1n) is 22.9. The first-order valence-corrected chi connectivity index (χ1v) is 21.4. The predicted molar refractivity (Wildman–Crippen MR) is 258 cm³/mol. The number of fused-ring (bicyclic) bond motifs is 5. The van der Waals surface area contributed by atoms with E-state index >= 15 is 0 Å². The second-order valence-corrected chi connectivity index (χ2v) is 17.6. The largest absolute Gasteiger partial charge is 0.501 e. The van der Waals surface area contributed by atoms with Crippen molar-refractivity contribution in [2.75, 3.05) is 0 Å². The Kier molecular flexibility index (Phi) is 11.2. The molecule has 0 aliphatic rings. The van der Waals surface area contributed by atoms with E-state index in [1.165, 1.54) is 33.9 Å². The normalized spacial score (nSPS) is 12.5. The van der Waals surface area contributed by atoms with Gasteiger partial charge < -0.3 is 14.0 Å². The van der Waals surface area contributed by atoms with Gasteiger partial charge in [-0.3, -0.25) is 4.98 Å². The molecule has 64 heavy (non-hydrogen) atoms. The minimum atomic E-state index is -2.09. The van der Waals surface area contributed by atoms with Crippen LogP contribution in [0.15, 0.2) is 144 Å². The van der Waals surface area contributed by atoms with E-state index < -0.39 is 6.85 Å². The number of imidazole rings is 1. The van der Waals surface area contributed by atoms with E-state index in [0.717, 1.165) is 60.9 Å². The van der Waals surface area contributed by atoms with Gasteiger partial charge in [0.25, 0.3) is 0 Å². The van der Waals surface area contributed by atoms with E-state index in [1.807, 2.05) is 42.5 Å². The maximum absolute atomic E-state index is 9.69. The average molecular weight is 1020 g/mol. The van der Waals surface area contributed by atoms with Crippen LogP contribution in [-0.4, -0.2) is 19.5 Å². The zero-order valence-corrected chi connectivity index (χ0v) is 39.3. The third kappa shape index (κ3) is 8.28. The molecule has 0 spiro atoms. The molecule has 0 aliphatic heterocycles. The number of hydrogen-bond donors (Lipinski definition) is 0. The number of aromatic nitrogens is 4. The number of pyridine rings is 2. The first-order chi connectivity index (χ1) is 31.6. The van der Waals surface area contributed by atoms with Gasteiger partial charge in [-0.05, 0) is 105 Å². The number of benzene rings is 6. The zero-order chi connectivity index (χ0) is 46.5. The van der Waals surface area contributed by atoms with Gasteiger partial charge in [0, 0.05) is 53.1 Å². The van der Waals surface area contributed by atoms with Gasteiger partial charge >= 0.3 is 0 Å². The van der Waals surface area contributed by atoms with E-state index in [4.69, 9.17) is 13.5 Å². The predicted octanol–water partition coefficient (Wildman–Crippen LogP) is 14.9. The van der Waals surface area contributed by atoms with Crippen molar-refractivity contribution in [3.63, 3.8) is 0 Å². The maximum atomic E-state index is 9.69. The Hall–Kier alpha value is -6.71. The molecule has 4 heterocycles. The number of hydrogen-bond acceptors (Lipinski definition) is 5. The molecule has 4 aromatic heterocycles. The maximum Gasteiger partial charge on any atom is 0.148 e. The van der Waals surface area contributed by atoms with Crippen LogP contribution in [0.1, 0.15) is 92.4 Å². The average Bonchev–Trinajstić information content (AvgIpc) is 3.88. The monoisotopic (exact) mass is 1020 g/mol. The molecule has 0 bridgehead atoms. The quantitative estimate of drug-likeness (QED) is 0.155. The number of para-hydroxylation sites is 2. The molecule has 1 radical (unpaired) electrons. The van der Waals surface area contributed by atoms with Crippen LogP contribution in [0.25, 0.3) is 83.2 Å². The van der Waals surface area contributed by atoms with Gasteiger partial charge in [-0.1, -0.05) is 115 Å². The van der Waals surface area contributed by atoms with Crippen molar-refractivity contribution in [2.24, 2.45) is 0 Å². The molecule has 0 fully saturated rings. The molecular weight excluding hydrogens is 963 g/mol. The summed E-state index contributed by atoms with van der Waals surface area (Å²) in [4.78, 5) is 13.9. The molecule has 10 aromatic rings. The Morgan fingerprint density at radius 3 is 2.17 bits per heavy atom. The SMILES string of the molecule is CC(C)c1cc(-c2ccccc2)cc(C(C)C)c1-n1c(-c2[c-]ccc3c2oc2cc4c(C#N)nccc4cc23)nc2ccccc21.[2H]C([2H])([2H])c1c[c-]c(-c2cc(C(C)(C)C)ccn2)cc1.[Ir]. The van der Waals surface area contributed by atoms with Crippen LogP contribution in [0.2, 0.25) is 0 Å². The van der Waals surface area contributed by atoms with Crippen LogP contribution in [0.5, 0.6) is 0 Å². The number of nitrogens with zero attached hydrogens (tertiary/aromatic N) is 5. The second kappa shape index (κ2) is 17.8. The first kappa shape index (κ1) is 40.1. The van der Waals surface area contributed by atoms with E-state index in [1.54, 1.807) is 24.5 Å². The number of furan rings is 1. The van der Waals surface area contributed by atoms with Gasteiger partial charge in [0.1, 0.15) is 17.3 Å². The van der Waals surface area contributed by atoms with Crippen molar-refractivity contribution < 1.29 is 28.6 Å². The summed E-state index contributed by atoms with van der Waals surface area (Å²) >= 11 is 0. The van der Waals surface area contributed by atoms with Crippen LogP contribution >= 0.6 is 0 Å². The van der Waals surface area contributed by atoms with Gasteiger partial charge in [-0.25, -0.2) is 4.98 Å². The van der Waals surface area contributed by atoms with E-state index in [2.05, 4.69) is 148 Å². The fourth-order valence-corrected chi connectivity index (χ4v) is 8.33. The van der Waals surface area contributed by atoms with Crippen LogP contribution in [0.3, 0.4) is 0 Å². The van der Waals surface area contributed by atoms with Crippen molar-refractivity contribution >= 4 is 43.7 Å². The summed E-state index contributed by atoms with van der Waals surface area (Å²) in [5.74, 6) is 1.30. The van der Waals surface area contributed by atoms with Gasteiger partial charge in [0.05, 0.1) is 22.4 Å². The molecule has 6 nitrogen and oxygen atoms in total. The fourth-order valence-electron chi connectivity index (χ4n) is 8.33. The molecule has 0 saturated carbocycles. The Bertz CT molecular complexity index is 3440. The molecule has 0 aliphatic carbocycles. The van der Waals surface area contributed by atoms with Crippen LogP contribution in [0.4, 0.5) is 0 Å². The molecule has 0 unspecified atom stereocenters. The van der Waals surface area contributed by atoms with Crippen molar-refractivity contribution in [1.29, 1.82) is 5.26 Å². The summed E-state index contributed by atoms with van der Waals surface area (Å²) in [7, 11) is 0. The summed E-state index contributed by atoms with van der Waals surface area (Å²) < 4.78 is 31.0. The summed E-state index contributed by atoms with van der Waals surface area (Å²) in [5.41, 5.74) is 13.8. The standard InChI is InChI=1S/C41H31N4O.C16H18N.Ir/c1-24(2)31-20-28(26-11-6-5-7-12-26)21-32(25(3)4)39(31)45-37-16-9-8-15-35(37)44-41(45)30-14-10-13-29-34-19-27-17-18-43-36(23-42)33(27)22-38(34)46-40(29)30;1-12-5-7-13(8-6-12)15-11-14(9-10-17-15)16(2,3)4;/h5-13,15-22,24-25H,1-4H3;5-7,9-11H,1-4H3;/q2*-1;/i;1D3;. The topological polar surface area (TPSA) is 80.5 Å². The van der Waals surface area contributed by atoms with Crippen molar-refractivity contribution in [1.82, 2.24) is 19.5 Å². The van der Waals surface area contributed by atoms with Crippen molar-refractivity contribution in [3.05, 3.63) is 180 Å². The van der Waals surface area contributed by atoms with E-state index in [-0.39, 0.29) is 37.4 Å². The van der Waals surface area contributed by atoms with Crippen LogP contribution in [-0.2, 0) is 25.5 Å². The number of aryl methyl sites for hydroxylation is 1. The molecule has 6 aromatic carbocycles.